The zero-order valence-corrected chi connectivity index (χ0v) is 19.6. The molecule has 3 heterocycles. The summed E-state index contributed by atoms with van der Waals surface area (Å²) in [5, 5.41) is 0.733. The number of nitrogens with zero attached hydrogens (tertiary/aromatic N) is 2. The highest BCUT2D eigenvalue weighted by molar-refractivity contribution is 6.31. The van der Waals surface area contributed by atoms with Crippen molar-refractivity contribution in [1.29, 1.82) is 0 Å². The average Bonchev–Trinajstić information content (AvgIpc) is 3.14. The van der Waals surface area contributed by atoms with E-state index in [2.05, 4.69) is 4.90 Å². The molecular weight excluding hydrogens is 474 g/mol. The van der Waals surface area contributed by atoms with E-state index in [-0.39, 0.29) is 29.3 Å². The number of rotatable bonds is 7. The molecule has 1 aromatic heterocycles. The van der Waals surface area contributed by atoms with Crippen molar-refractivity contribution in [3.63, 3.8) is 0 Å². The van der Waals surface area contributed by atoms with Crippen molar-refractivity contribution < 1.29 is 23.5 Å². The number of ether oxygens (including phenoxy) is 2. The van der Waals surface area contributed by atoms with E-state index >= 15 is 0 Å². The lowest BCUT2D eigenvalue weighted by molar-refractivity contribution is -0.119. The molecule has 0 bridgehead atoms. The third-order valence-electron chi connectivity index (χ3n) is 6.27. The number of amides is 2. The van der Waals surface area contributed by atoms with Gasteiger partial charge in [0.1, 0.15) is 11.3 Å². The van der Waals surface area contributed by atoms with Gasteiger partial charge in [-0.3, -0.25) is 19.3 Å². The monoisotopic (exact) mass is 497 g/mol. The molecule has 1 fully saturated rings. The highest BCUT2D eigenvalue weighted by Crippen LogP contribution is 2.38. The fourth-order valence-electron chi connectivity index (χ4n) is 4.54. The molecule has 0 radical (unpaired) electrons. The molecule has 2 aromatic carbocycles. The minimum atomic E-state index is -0.636. The van der Waals surface area contributed by atoms with Crippen LogP contribution in [0.3, 0.4) is 0 Å². The minimum absolute atomic E-state index is 0.0471. The van der Waals surface area contributed by atoms with Crippen LogP contribution in [0.1, 0.15) is 27.7 Å². The number of benzene rings is 2. The minimum Gasteiger partial charge on any atom is -0.484 e. The van der Waals surface area contributed by atoms with E-state index in [1.165, 1.54) is 0 Å². The number of halogens is 1. The van der Waals surface area contributed by atoms with Crippen LogP contribution in [0.4, 0.5) is 0 Å². The van der Waals surface area contributed by atoms with Crippen LogP contribution in [0.2, 0.25) is 5.02 Å². The van der Waals surface area contributed by atoms with E-state index < -0.39 is 11.9 Å². The van der Waals surface area contributed by atoms with Gasteiger partial charge in [-0.15, -0.1) is 0 Å². The van der Waals surface area contributed by atoms with Crippen LogP contribution in [-0.4, -0.2) is 67.6 Å². The second-order valence-electron chi connectivity index (χ2n) is 8.49. The quantitative estimate of drug-likeness (QED) is 0.532. The summed E-state index contributed by atoms with van der Waals surface area (Å²) in [5.74, 6) is -0.414. The standard InChI is InChI=1S/C25H24ClN3O6/c26-16-3-6-19-18(13-16)23(31)21-22(15-1-4-17(5-2-15)34-14-20(27)30)29(25(32)24(21)35-19)8-7-28-9-11-33-12-10-28/h1-6,13,22H,7-12,14H2,(H2,27,30)/t22-/m1/s1. The molecule has 0 aliphatic carbocycles. The molecule has 2 N–H and O–H groups in total. The van der Waals surface area contributed by atoms with E-state index in [0.717, 1.165) is 18.7 Å². The van der Waals surface area contributed by atoms with Gasteiger partial charge in [0.2, 0.25) is 5.76 Å². The molecular formula is C25H24ClN3O6. The number of fused-ring (bicyclic) bond motifs is 2. The molecule has 0 spiro atoms. The first-order valence-electron chi connectivity index (χ1n) is 11.3. The Kier molecular flexibility index (Phi) is 6.46. The van der Waals surface area contributed by atoms with Crippen molar-refractivity contribution >= 4 is 34.4 Å². The average molecular weight is 498 g/mol. The fraction of sp³-hybridized carbons (Fsp3) is 0.320. The maximum atomic E-state index is 13.6. The van der Waals surface area contributed by atoms with Crippen LogP contribution in [-0.2, 0) is 9.53 Å². The Morgan fingerprint density at radius 1 is 1.09 bits per heavy atom. The van der Waals surface area contributed by atoms with Crippen molar-refractivity contribution in [2.24, 2.45) is 5.73 Å². The molecule has 1 atom stereocenters. The van der Waals surface area contributed by atoms with E-state index in [0.29, 0.717) is 48.0 Å². The van der Waals surface area contributed by atoms with Gasteiger partial charge in [0.15, 0.2) is 12.0 Å². The van der Waals surface area contributed by atoms with Crippen molar-refractivity contribution in [2.75, 3.05) is 46.0 Å². The van der Waals surface area contributed by atoms with Gasteiger partial charge in [0.05, 0.1) is 30.2 Å². The molecule has 2 aliphatic heterocycles. The van der Waals surface area contributed by atoms with Crippen LogP contribution in [0.5, 0.6) is 5.75 Å². The molecule has 10 heteroatoms. The summed E-state index contributed by atoms with van der Waals surface area (Å²) in [4.78, 5) is 42.0. The number of hydrogen-bond donors (Lipinski definition) is 1. The maximum Gasteiger partial charge on any atom is 0.290 e. The second-order valence-corrected chi connectivity index (χ2v) is 8.93. The lowest BCUT2D eigenvalue weighted by Crippen LogP contribution is -2.42. The van der Waals surface area contributed by atoms with Crippen molar-refractivity contribution in [3.05, 3.63) is 74.6 Å². The van der Waals surface area contributed by atoms with Crippen LogP contribution in [0, 0.1) is 0 Å². The Hall–Kier alpha value is -3.40. The van der Waals surface area contributed by atoms with Crippen molar-refractivity contribution in [1.82, 2.24) is 9.80 Å². The second kappa shape index (κ2) is 9.69. The van der Waals surface area contributed by atoms with Gasteiger partial charge in [-0.2, -0.15) is 0 Å². The highest BCUT2D eigenvalue weighted by atomic mass is 35.5. The Morgan fingerprint density at radius 3 is 2.54 bits per heavy atom. The number of carbonyl (C=O) groups excluding carboxylic acids is 2. The Balaban J connectivity index is 1.54. The Bertz CT molecular complexity index is 1330. The van der Waals surface area contributed by atoms with Gasteiger partial charge < -0.3 is 24.5 Å². The summed E-state index contributed by atoms with van der Waals surface area (Å²) in [5.41, 5.74) is 6.19. The molecule has 35 heavy (non-hydrogen) atoms. The van der Waals surface area contributed by atoms with Crippen LogP contribution in [0.15, 0.2) is 51.7 Å². The third kappa shape index (κ3) is 4.62. The summed E-state index contributed by atoms with van der Waals surface area (Å²) in [7, 11) is 0. The lowest BCUT2D eigenvalue weighted by Gasteiger charge is -2.31. The predicted octanol–water partition coefficient (Wildman–Crippen LogP) is 2.19. The number of morpholine rings is 1. The highest BCUT2D eigenvalue weighted by Gasteiger charge is 2.42. The first kappa shape index (κ1) is 23.3. The smallest absolute Gasteiger partial charge is 0.290 e. The molecule has 9 nitrogen and oxygen atoms in total. The van der Waals surface area contributed by atoms with Crippen molar-refractivity contribution in [2.45, 2.75) is 6.04 Å². The third-order valence-corrected chi connectivity index (χ3v) is 6.50. The first-order chi connectivity index (χ1) is 16.9. The number of nitrogens with two attached hydrogens (primary N) is 1. The summed E-state index contributed by atoms with van der Waals surface area (Å²) < 4.78 is 16.7. The van der Waals surface area contributed by atoms with E-state index in [1.807, 2.05) is 0 Å². The summed E-state index contributed by atoms with van der Waals surface area (Å²) in [6.07, 6.45) is 0. The predicted molar refractivity (Wildman–Crippen MR) is 129 cm³/mol. The number of carbonyl (C=O) groups is 2. The topological polar surface area (TPSA) is 115 Å². The zero-order valence-electron chi connectivity index (χ0n) is 18.9. The number of primary amides is 1. The van der Waals surface area contributed by atoms with Crippen LogP contribution < -0.4 is 15.9 Å². The lowest BCUT2D eigenvalue weighted by atomic mass is 9.98. The zero-order chi connectivity index (χ0) is 24.5. The summed E-state index contributed by atoms with van der Waals surface area (Å²) in [6, 6.07) is 11.0. The Labute approximate surface area is 205 Å². The van der Waals surface area contributed by atoms with Gasteiger partial charge in [-0.1, -0.05) is 23.7 Å². The van der Waals surface area contributed by atoms with Crippen LogP contribution in [0.25, 0.3) is 11.0 Å². The molecule has 182 valence electrons. The molecule has 5 rings (SSSR count). The maximum absolute atomic E-state index is 13.6. The molecule has 3 aromatic rings. The largest absolute Gasteiger partial charge is 0.484 e. The molecule has 0 saturated carbocycles. The summed E-state index contributed by atoms with van der Waals surface area (Å²) >= 11 is 6.14. The van der Waals surface area contributed by atoms with Crippen molar-refractivity contribution in [3.8, 4) is 5.75 Å². The molecule has 2 amide bonds. The van der Waals surface area contributed by atoms with E-state index in [4.69, 9.17) is 31.2 Å². The van der Waals surface area contributed by atoms with Gasteiger partial charge in [-0.25, -0.2) is 0 Å². The first-order valence-corrected chi connectivity index (χ1v) is 11.7. The van der Waals surface area contributed by atoms with Gasteiger partial charge in [-0.05, 0) is 35.9 Å². The molecule has 0 unspecified atom stereocenters. The Morgan fingerprint density at radius 2 is 1.83 bits per heavy atom. The van der Waals surface area contributed by atoms with E-state index in [9.17, 15) is 14.4 Å². The van der Waals surface area contributed by atoms with Gasteiger partial charge in [0, 0.05) is 31.2 Å². The van der Waals surface area contributed by atoms with Crippen LogP contribution >= 0.6 is 11.6 Å². The molecule has 2 aliphatic rings. The summed E-state index contributed by atoms with van der Waals surface area (Å²) in [6.45, 7) is 3.67. The fourth-order valence-corrected chi connectivity index (χ4v) is 4.72. The number of hydrogen-bond acceptors (Lipinski definition) is 7. The normalized spacial score (nSPS) is 18.1. The SMILES string of the molecule is NC(=O)COc1ccc([C@@H]2c3c(oc4ccc(Cl)cc4c3=O)C(=O)N2CCN2CCOCC2)cc1. The van der Waals surface area contributed by atoms with Gasteiger partial charge in [0.25, 0.3) is 11.8 Å². The van der Waals surface area contributed by atoms with Gasteiger partial charge >= 0.3 is 0 Å². The molecule has 1 saturated heterocycles. The van der Waals surface area contributed by atoms with E-state index in [1.54, 1.807) is 47.4 Å².